The molecule has 0 aliphatic carbocycles. The van der Waals surface area contributed by atoms with Crippen LogP contribution in [0.4, 0.5) is 13.2 Å². The molecule has 0 aliphatic rings. The second kappa shape index (κ2) is 11.6. The Morgan fingerprint density at radius 3 is 2.25 bits per heavy atom. The Morgan fingerprint density at radius 2 is 1.75 bits per heavy atom. The summed E-state index contributed by atoms with van der Waals surface area (Å²) in [7, 11) is -1.97. The van der Waals surface area contributed by atoms with E-state index in [2.05, 4.69) is 33.9 Å². The number of nitrogens with one attached hydrogen (secondary N) is 1. The maximum atomic E-state index is 14.0. The third-order valence-electron chi connectivity index (χ3n) is 5.76. The van der Waals surface area contributed by atoms with Gasteiger partial charge in [-0.25, -0.2) is 5.84 Å². The standard InChI is InChI=1S/C22H37F3N2O4Si/c1-17(31-32(5,6)20(2,3)4)15-29-14-10-13-21(19(28)27-26,22(23,24)25)30-16-18-11-8-7-9-12-18/h7-9,11-12,17H,10,13-16,26H2,1-6H3,(H,27,28)/t17-,21?/m0/s1. The van der Waals surface area contributed by atoms with Gasteiger partial charge < -0.3 is 13.9 Å². The fraction of sp³-hybridized carbons (Fsp3) is 0.682. The van der Waals surface area contributed by atoms with E-state index in [9.17, 15) is 18.0 Å². The highest BCUT2D eigenvalue weighted by Gasteiger charge is 2.61. The Balaban J connectivity index is 2.71. The van der Waals surface area contributed by atoms with Gasteiger partial charge in [-0.2, -0.15) is 13.2 Å². The molecule has 6 nitrogen and oxygen atoms in total. The molecule has 1 aromatic carbocycles. The van der Waals surface area contributed by atoms with Gasteiger partial charge in [-0.05, 0) is 43.5 Å². The fourth-order valence-corrected chi connectivity index (χ4v) is 4.31. The van der Waals surface area contributed by atoms with Gasteiger partial charge in [0.2, 0.25) is 5.60 Å². The van der Waals surface area contributed by atoms with Gasteiger partial charge in [0, 0.05) is 6.61 Å². The normalized spacial score (nSPS) is 15.8. The maximum Gasteiger partial charge on any atom is 0.426 e. The van der Waals surface area contributed by atoms with Crippen molar-refractivity contribution < 1.29 is 31.9 Å². The Labute approximate surface area is 190 Å². The Hall–Kier alpha value is -1.46. The molecule has 0 fully saturated rings. The van der Waals surface area contributed by atoms with Crippen molar-refractivity contribution in [2.45, 2.75) is 83.2 Å². The van der Waals surface area contributed by atoms with Gasteiger partial charge in [-0.1, -0.05) is 51.1 Å². The van der Waals surface area contributed by atoms with Gasteiger partial charge >= 0.3 is 6.18 Å². The van der Waals surface area contributed by atoms with Crippen molar-refractivity contribution in [3.05, 3.63) is 35.9 Å². The van der Waals surface area contributed by atoms with E-state index in [1.54, 1.807) is 35.8 Å². The van der Waals surface area contributed by atoms with Gasteiger partial charge in [-0.3, -0.25) is 10.2 Å². The van der Waals surface area contributed by atoms with Crippen molar-refractivity contribution in [1.29, 1.82) is 0 Å². The predicted octanol–water partition coefficient (Wildman–Crippen LogP) is 4.70. The van der Waals surface area contributed by atoms with Gasteiger partial charge in [0.05, 0.1) is 19.3 Å². The van der Waals surface area contributed by atoms with Crippen LogP contribution in [0.15, 0.2) is 30.3 Å². The molecule has 0 saturated heterocycles. The van der Waals surface area contributed by atoms with Crippen molar-refractivity contribution >= 4 is 14.2 Å². The first-order valence-electron chi connectivity index (χ1n) is 10.7. The average Bonchev–Trinajstić information content (AvgIpc) is 2.68. The third-order valence-corrected chi connectivity index (χ3v) is 10.4. The molecule has 0 heterocycles. The van der Waals surface area contributed by atoms with Crippen LogP contribution in [-0.4, -0.2) is 45.3 Å². The topological polar surface area (TPSA) is 82.8 Å². The molecule has 0 saturated carbocycles. The molecule has 1 aromatic rings. The maximum absolute atomic E-state index is 14.0. The lowest BCUT2D eigenvalue weighted by Gasteiger charge is -2.38. The van der Waals surface area contributed by atoms with Crippen LogP contribution in [0.3, 0.4) is 0 Å². The predicted molar refractivity (Wildman–Crippen MR) is 120 cm³/mol. The highest BCUT2D eigenvalue weighted by Crippen LogP contribution is 2.39. The van der Waals surface area contributed by atoms with Crippen LogP contribution in [-0.2, 0) is 25.3 Å². The quantitative estimate of drug-likeness (QED) is 0.150. The smallest absolute Gasteiger partial charge is 0.412 e. The van der Waals surface area contributed by atoms with E-state index in [1.807, 2.05) is 6.92 Å². The van der Waals surface area contributed by atoms with E-state index in [0.717, 1.165) is 0 Å². The lowest BCUT2D eigenvalue weighted by atomic mass is 9.95. The number of carbonyl (C=O) groups is 1. The van der Waals surface area contributed by atoms with E-state index < -0.39 is 32.4 Å². The zero-order valence-electron chi connectivity index (χ0n) is 19.8. The minimum Gasteiger partial charge on any atom is -0.412 e. The number of amides is 1. The number of alkyl halides is 3. The minimum atomic E-state index is -4.95. The number of halogens is 3. The average molecular weight is 479 g/mol. The first-order valence-corrected chi connectivity index (χ1v) is 13.6. The lowest BCUT2D eigenvalue weighted by molar-refractivity contribution is -0.273. The van der Waals surface area contributed by atoms with E-state index in [1.165, 1.54) is 0 Å². The SMILES string of the molecule is C[C@@H](COCCCC(OCc1ccccc1)(C(=O)NN)C(F)(F)F)O[Si](C)(C)C(C)(C)C. The van der Waals surface area contributed by atoms with Crippen LogP contribution in [0, 0.1) is 0 Å². The second-order valence-electron chi connectivity index (χ2n) is 9.44. The Kier molecular flexibility index (Phi) is 10.4. The molecule has 0 bridgehead atoms. The summed E-state index contributed by atoms with van der Waals surface area (Å²) in [6, 6.07) is 8.33. The largest absolute Gasteiger partial charge is 0.426 e. The first-order chi connectivity index (χ1) is 14.7. The number of hydrogen-bond donors (Lipinski definition) is 2. The number of nitrogens with two attached hydrogens (primary N) is 1. The van der Waals surface area contributed by atoms with Crippen molar-refractivity contribution in [3.63, 3.8) is 0 Å². The van der Waals surface area contributed by atoms with Gasteiger partial charge in [0.15, 0.2) is 8.32 Å². The monoisotopic (exact) mass is 478 g/mol. The second-order valence-corrected chi connectivity index (χ2v) is 14.2. The molecular formula is C22H37F3N2O4Si. The molecule has 0 aromatic heterocycles. The summed E-state index contributed by atoms with van der Waals surface area (Å²) in [6.07, 6.45) is -5.81. The molecule has 3 N–H and O–H groups in total. The molecule has 1 amide bonds. The van der Waals surface area contributed by atoms with Gasteiger partial charge in [0.1, 0.15) is 0 Å². The van der Waals surface area contributed by atoms with E-state index in [-0.39, 0.29) is 37.4 Å². The minimum absolute atomic E-state index is 0.0234. The zero-order valence-corrected chi connectivity index (χ0v) is 20.8. The van der Waals surface area contributed by atoms with Crippen LogP contribution < -0.4 is 11.3 Å². The lowest BCUT2D eigenvalue weighted by Crippen LogP contribution is -2.60. The molecular weight excluding hydrogens is 441 g/mol. The molecule has 10 heteroatoms. The highest BCUT2D eigenvalue weighted by atomic mass is 28.4. The van der Waals surface area contributed by atoms with Crippen molar-refractivity contribution in [1.82, 2.24) is 5.43 Å². The molecule has 0 radical (unpaired) electrons. The molecule has 1 rings (SSSR count). The van der Waals surface area contributed by atoms with Crippen molar-refractivity contribution in [2.75, 3.05) is 13.2 Å². The van der Waals surface area contributed by atoms with Crippen molar-refractivity contribution in [3.8, 4) is 0 Å². The Morgan fingerprint density at radius 1 is 1.16 bits per heavy atom. The summed E-state index contributed by atoms with van der Waals surface area (Å²) in [5.74, 6) is 3.63. The third kappa shape index (κ3) is 7.84. The molecule has 184 valence electrons. The molecule has 32 heavy (non-hydrogen) atoms. The molecule has 0 spiro atoms. The fourth-order valence-electron chi connectivity index (χ4n) is 2.89. The number of benzene rings is 1. The highest BCUT2D eigenvalue weighted by molar-refractivity contribution is 6.74. The summed E-state index contributed by atoms with van der Waals surface area (Å²) < 4.78 is 58.8. The van der Waals surface area contributed by atoms with Crippen molar-refractivity contribution in [2.24, 2.45) is 5.84 Å². The molecule has 0 aliphatic heterocycles. The Bertz CT molecular complexity index is 711. The molecule has 2 atom stereocenters. The number of rotatable bonds is 12. The number of ether oxygens (including phenoxy) is 2. The summed E-state index contributed by atoms with van der Waals surface area (Å²) in [6.45, 7) is 12.4. The van der Waals surface area contributed by atoms with Crippen LogP contribution in [0.1, 0.15) is 46.1 Å². The van der Waals surface area contributed by atoms with E-state index >= 15 is 0 Å². The molecule has 1 unspecified atom stereocenters. The summed E-state index contributed by atoms with van der Waals surface area (Å²) in [5, 5.41) is 0.0409. The summed E-state index contributed by atoms with van der Waals surface area (Å²) >= 11 is 0. The van der Waals surface area contributed by atoms with Crippen LogP contribution in [0.5, 0.6) is 0 Å². The van der Waals surface area contributed by atoms with E-state index in [4.69, 9.17) is 19.7 Å². The number of hydrazine groups is 1. The van der Waals surface area contributed by atoms with Gasteiger partial charge in [0.25, 0.3) is 5.91 Å². The van der Waals surface area contributed by atoms with Crippen LogP contribution >= 0.6 is 0 Å². The number of carbonyl (C=O) groups excluding carboxylic acids is 1. The van der Waals surface area contributed by atoms with Crippen LogP contribution in [0.25, 0.3) is 0 Å². The van der Waals surface area contributed by atoms with Gasteiger partial charge in [-0.15, -0.1) is 0 Å². The number of hydrogen-bond acceptors (Lipinski definition) is 5. The summed E-state index contributed by atoms with van der Waals surface area (Å²) in [4.78, 5) is 12.2. The zero-order chi connectivity index (χ0) is 24.6. The first kappa shape index (κ1) is 28.6. The summed E-state index contributed by atoms with van der Waals surface area (Å²) in [5.41, 5.74) is -0.945. The van der Waals surface area contributed by atoms with E-state index in [0.29, 0.717) is 5.56 Å². The van der Waals surface area contributed by atoms with Crippen LogP contribution in [0.2, 0.25) is 18.1 Å².